The van der Waals surface area contributed by atoms with Gasteiger partial charge in [-0.25, -0.2) is 0 Å². The molecule has 124 valence electrons. The van der Waals surface area contributed by atoms with Crippen LogP contribution in [-0.2, 0) is 0 Å². The van der Waals surface area contributed by atoms with Gasteiger partial charge in [-0.1, -0.05) is 43.1 Å². The van der Waals surface area contributed by atoms with Crippen molar-refractivity contribution in [1.29, 1.82) is 0 Å². The summed E-state index contributed by atoms with van der Waals surface area (Å²) in [5, 5.41) is 4.00. The van der Waals surface area contributed by atoms with E-state index >= 15 is 0 Å². The molecule has 2 aromatic carbocycles. The van der Waals surface area contributed by atoms with Crippen molar-refractivity contribution in [2.24, 2.45) is 0 Å². The zero-order chi connectivity index (χ0) is 16.5. The first-order chi connectivity index (χ1) is 11.2. The SMILES string of the molecule is CCCCOc1cccc(NCC(C)Oc2ccccc2Cl)c1. The van der Waals surface area contributed by atoms with Crippen LogP contribution in [-0.4, -0.2) is 19.3 Å². The first-order valence-corrected chi connectivity index (χ1v) is 8.44. The van der Waals surface area contributed by atoms with E-state index in [0.29, 0.717) is 17.3 Å². The first-order valence-electron chi connectivity index (χ1n) is 8.07. The van der Waals surface area contributed by atoms with E-state index in [1.807, 2.05) is 55.5 Å². The average Bonchev–Trinajstić information content (AvgIpc) is 2.56. The Morgan fingerprint density at radius 1 is 1.13 bits per heavy atom. The van der Waals surface area contributed by atoms with Gasteiger partial charge in [-0.05, 0) is 37.6 Å². The number of para-hydroxylation sites is 1. The molecule has 0 aromatic heterocycles. The highest BCUT2D eigenvalue weighted by Gasteiger charge is 2.07. The lowest BCUT2D eigenvalue weighted by Crippen LogP contribution is -2.22. The van der Waals surface area contributed by atoms with E-state index in [1.54, 1.807) is 0 Å². The smallest absolute Gasteiger partial charge is 0.138 e. The number of hydrogen-bond acceptors (Lipinski definition) is 3. The number of unbranched alkanes of at least 4 members (excludes halogenated alkanes) is 1. The quantitative estimate of drug-likeness (QED) is 0.623. The Balaban J connectivity index is 1.83. The van der Waals surface area contributed by atoms with Crippen molar-refractivity contribution < 1.29 is 9.47 Å². The number of rotatable bonds is 9. The molecule has 1 unspecified atom stereocenters. The predicted octanol–water partition coefficient (Wildman–Crippen LogP) is 5.40. The summed E-state index contributed by atoms with van der Waals surface area (Å²) in [4.78, 5) is 0. The lowest BCUT2D eigenvalue weighted by molar-refractivity contribution is 0.235. The largest absolute Gasteiger partial charge is 0.494 e. The Labute approximate surface area is 143 Å². The van der Waals surface area contributed by atoms with Crippen LogP contribution >= 0.6 is 11.6 Å². The van der Waals surface area contributed by atoms with Gasteiger partial charge < -0.3 is 14.8 Å². The minimum absolute atomic E-state index is 0.000402. The lowest BCUT2D eigenvalue weighted by Gasteiger charge is -2.17. The van der Waals surface area contributed by atoms with Gasteiger partial charge in [0.15, 0.2) is 0 Å². The van der Waals surface area contributed by atoms with E-state index in [0.717, 1.165) is 30.9 Å². The summed E-state index contributed by atoms with van der Waals surface area (Å²) >= 11 is 6.10. The third kappa shape index (κ3) is 6.03. The Morgan fingerprint density at radius 2 is 1.96 bits per heavy atom. The zero-order valence-corrected chi connectivity index (χ0v) is 14.5. The third-order valence-electron chi connectivity index (χ3n) is 3.36. The molecule has 0 aliphatic heterocycles. The standard InChI is InChI=1S/C19H24ClNO2/c1-3-4-12-22-17-9-7-8-16(13-17)21-14-15(2)23-19-11-6-5-10-18(19)20/h5-11,13,15,21H,3-4,12,14H2,1-2H3. The van der Waals surface area contributed by atoms with E-state index in [4.69, 9.17) is 21.1 Å². The number of benzene rings is 2. The zero-order valence-electron chi connectivity index (χ0n) is 13.7. The predicted molar refractivity (Wildman–Crippen MR) is 96.9 cm³/mol. The second-order valence-corrected chi connectivity index (χ2v) is 5.88. The van der Waals surface area contributed by atoms with E-state index in [2.05, 4.69) is 12.2 Å². The summed E-state index contributed by atoms with van der Waals surface area (Å²) in [7, 11) is 0. The highest BCUT2D eigenvalue weighted by atomic mass is 35.5. The molecule has 0 fully saturated rings. The van der Waals surface area contributed by atoms with Gasteiger partial charge in [-0.15, -0.1) is 0 Å². The summed E-state index contributed by atoms with van der Waals surface area (Å²) in [6, 6.07) is 15.5. The molecule has 0 bridgehead atoms. The van der Waals surface area contributed by atoms with E-state index < -0.39 is 0 Å². The third-order valence-corrected chi connectivity index (χ3v) is 3.67. The van der Waals surface area contributed by atoms with Crippen LogP contribution in [0.3, 0.4) is 0 Å². The molecule has 0 aliphatic carbocycles. The normalized spacial score (nSPS) is 11.8. The second-order valence-electron chi connectivity index (χ2n) is 5.47. The molecule has 0 spiro atoms. The van der Waals surface area contributed by atoms with Crippen LogP contribution in [0.2, 0.25) is 5.02 Å². The van der Waals surface area contributed by atoms with Crippen LogP contribution in [0.15, 0.2) is 48.5 Å². The summed E-state index contributed by atoms with van der Waals surface area (Å²) < 4.78 is 11.6. The summed E-state index contributed by atoms with van der Waals surface area (Å²) in [5.74, 6) is 1.60. The summed E-state index contributed by atoms with van der Waals surface area (Å²) in [5.41, 5.74) is 1.02. The Hall–Kier alpha value is -1.87. The van der Waals surface area contributed by atoms with Gasteiger partial charge in [0.1, 0.15) is 17.6 Å². The first kappa shape index (κ1) is 17.5. The maximum atomic E-state index is 6.10. The van der Waals surface area contributed by atoms with E-state index in [1.165, 1.54) is 0 Å². The van der Waals surface area contributed by atoms with Gasteiger partial charge >= 0.3 is 0 Å². The Kier molecular flexibility index (Phi) is 7.08. The fourth-order valence-electron chi connectivity index (χ4n) is 2.09. The molecule has 2 rings (SSSR count). The average molecular weight is 334 g/mol. The number of halogens is 1. The number of hydrogen-bond donors (Lipinski definition) is 1. The van der Waals surface area contributed by atoms with Gasteiger partial charge in [-0.3, -0.25) is 0 Å². The van der Waals surface area contributed by atoms with Crippen molar-refractivity contribution in [2.45, 2.75) is 32.8 Å². The van der Waals surface area contributed by atoms with Crippen molar-refractivity contribution in [3.05, 3.63) is 53.6 Å². The molecule has 0 saturated heterocycles. The fraction of sp³-hybridized carbons (Fsp3) is 0.368. The van der Waals surface area contributed by atoms with Crippen molar-refractivity contribution in [1.82, 2.24) is 0 Å². The summed E-state index contributed by atoms with van der Waals surface area (Å²) in [6.45, 7) is 5.61. The lowest BCUT2D eigenvalue weighted by atomic mass is 10.3. The van der Waals surface area contributed by atoms with Crippen molar-refractivity contribution >= 4 is 17.3 Å². The molecule has 0 radical (unpaired) electrons. The van der Waals surface area contributed by atoms with Crippen LogP contribution in [0.1, 0.15) is 26.7 Å². The highest BCUT2D eigenvalue weighted by molar-refractivity contribution is 6.32. The maximum Gasteiger partial charge on any atom is 0.138 e. The minimum Gasteiger partial charge on any atom is -0.494 e. The molecule has 0 amide bonds. The number of anilines is 1. The monoisotopic (exact) mass is 333 g/mol. The molecule has 2 aromatic rings. The molecule has 1 atom stereocenters. The molecule has 0 aliphatic rings. The minimum atomic E-state index is -0.000402. The van der Waals surface area contributed by atoms with Gasteiger partial charge in [-0.2, -0.15) is 0 Å². The molecular weight excluding hydrogens is 310 g/mol. The molecule has 0 saturated carbocycles. The van der Waals surface area contributed by atoms with Crippen LogP contribution in [0.25, 0.3) is 0 Å². The van der Waals surface area contributed by atoms with Crippen molar-refractivity contribution in [3.8, 4) is 11.5 Å². The molecule has 4 heteroatoms. The van der Waals surface area contributed by atoms with Crippen LogP contribution in [0, 0.1) is 0 Å². The Morgan fingerprint density at radius 3 is 2.74 bits per heavy atom. The fourth-order valence-corrected chi connectivity index (χ4v) is 2.27. The molecule has 1 N–H and O–H groups in total. The molecular formula is C19H24ClNO2. The van der Waals surface area contributed by atoms with Gasteiger partial charge in [0.05, 0.1) is 18.2 Å². The molecule has 0 heterocycles. The highest BCUT2D eigenvalue weighted by Crippen LogP contribution is 2.24. The van der Waals surface area contributed by atoms with Crippen molar-refractivity contribution in [3.63, 3.8) is 0 Å². The van der Waals surface area contributed by atoms with Crippen LogP contribution < -0.4 is 14.8 Å². The van der Waals surface area contributed by atoms with E-state index in [9.17, 15) is 0 Å². The van der Waals surface area contributed by atoms with Crippen molar-refractivity contribution in [2.75, 3.05) is 18.5 Å². The topological polar surface area (TPSA) is 30.5 Å². The number of nitrogens with one attached hydrogen (secondary N) is 1. The van der Waals surface area contributed by atoms with Gasteiger partial charge in [0, 0.05) is 11.8 Å². The number of ether oxygens (including phenoxy) is 2. The summed E-state index contributed by atoms with van der Waals surface area (Å²) in [6.07, 6.45) is 2.20. The Bertz CT molecular complexity index is 603. The van der Waals surface area contributed by atoms with E-state index in [-0.39, 0.29) is 6.10 Å². The van der Waals surface area contributed by atoms with Crippen LogP contribution in [0.5, 0.6) is 11.5 Å². The van der Waals surface area contributed by atoms with Gasteiger partial charge in [0.25, 0.3) is 0 Å². The molecule has 23 heavy (non-hydrogen) atoms. The maximum absolute atomic E-state index is 6.10. The van der Waals surface area contributed by atoms with Gasteiger partial charge in [0.2, 0.25) is 0 Å². The van der Waals surface area contributed by atoms with Crippen LogP contribution in [0.4, 0.5) is 5.69 Å². The molecule has 3 nitrogen and oxygen atoms in total. The second kappa shape index (κ2) is 9.31.